The Kier molecular flexibility index (Phi) is 5.64. The summed E-state index contributed by atoms with van der Waals surface area (Å²) in [6.45, 7) is -0.923. The molecule has 4 atom stereocenters. The summed E-state index contributed by atoms with van der Waals surface area (Å²) in [5.74, 6) is -3.55. The highest BCUT2D eigenvalue weighted by Crippen LogP contribution is 2.48. The standard InChI is InChI=1S/C22H20N4O7/c23-18(30)19-24-12-26(25-19)20-22(32,17(29)14-9-5-2-6-10-14)21(31,15(11-27)33-20)16(28)13-7-3-1-4-8-13/h1-10,12,15,20,27,31-32H,11H2,(H2,23,30)/t15-,20-,21+,22+/m1/s1. The Hall–Kier alpha value is -3.77. The molecule has 1 fully saturated rings. The zero-order valence-electron chi connectivity index (χ0n) is 17.1. The highest BCUT2D eigenvalue weighted by atomic mass is 16.6. The fraction of sp³-hybridized carbons (Fsp3) is 0.227. The van der Waals surface area contributed by atoms with Gasteiger partial charge in [-0.3, -0.25) is 14.4 Å². The van der Waals surface area contributed by atoms with Gasteiger partial charge < -0.3 is 25.8 Å². The first-order valence-corrected chi connectivity index (χ1v) is 9.86. The number of nitrogens with two attached hydrogens (primary N) is 1. The van der Waals surface area contributed by atoms with E-state index in [2.05, 4.69) is 10.1 Å². The minimum absolute atomic E-state index is 0.0293. The van der Waals surface area contributed by atoms with Crippen molar-refractivity contribution in [2.45, 2.75) is 23.5 Å². The number of aliphatic hydroxyl groups is 3. The van der Waals surface area contributed by atoms with Gasteiger partial charge in [0.05, 0.1) is 6.61 Å². The van der Waals surface area contributed by atoms with Crippen molar-refractivity contribution in [3.8, 4) is 0 Å². The zero-order chi connectivity index (χ0) is 23.8. The van der Waals surface area contributed by atoms with E-state index in [4.69, 9.17) is 10.5 Å². The van der Waals surface area contributed by atoms with Crippen LogP contribution in [0.5, 0.6) is 0 Å². The molecule has 0 bridgehead atoms. The third kappa shape index (κ3) is 3.34. The minimum atomic E-state index is -2.97. The van der Waals surface area contributed by atoms with Gasteiger partial charge in [0, 0.05) is 11.1 Å². The average Bonchev–Trinajstić information content (AvgIpc) is 3.42. The van der Waals surface area contributed by atoms with Crippen LogP contribution in [0, 0.1) is 0 Å². The Balaban J connectivity index is 1.93. The van der Waals surface area contributed by atoms with Crippen molar-refractivity contribution < 1.29 is 34.4 Å². The van der Waals surface area contributed by atoms with E-state index in [0.29, 0.717) is 0 Å². The average molecular weight is 452 g/mol. The first-order valence-electron chi connectivity index (χ1n) is 9.86. The number of amides is 1. The predicted octanol–water partition coefficient (Wildman–Crippen LogP) is -0.505. The number of aliphatic hydroxyl groups excluding tert-OH is 1. The molecule has 2 heterocycles. The highest BCUT2D eigenvalue weighted by Gasteiger charge is 2.74. The van der Waals surface area contributed by atoms with Crippen molar-refractivity contribution >= 4 is 17.5 Å². The molecule has 2 aromatic carbocycles. The van der Waals surface area contributed by atoms with Crippen LogP contribution in [0.4, 0.5) is 0 Å². The maximum atomic E-state index is 13.6. The number of nitrogens with zero attached hydrogens (tertiary/aromatic N) is 3. The third-order valence-corrected chi connectivity index (χ3v) is 5.60. The van der Waals surface area contributed by atoms with Gasteiger partial charge in [0.1, 0.15) is 12.4 Å². The second-order valence-electron chi connectivity index (χ2n) is 7.50. The van der Waals surface area contributed by atoms with Gasteiger partial charge in [-0.05, 0) is 0 Å². The minimum Gasteiger partial charge on any atom is -0.394 e. The molecule has 11 heteroatoms. The number of carbonyl (C=O) groups is 3. The Morgan fingerprint density at radius 3 is 1.91 bits per heavy atom. The highest BCUT2D eigenvalue weighted by molar-refractivity contribution is 6.13. The summed E-state index contributed by atoms with van der Waals surface area (Å²) in [5.41, 5.74) is -0.791. The van der Waals surface area contributed by atoms with Crippen LogP contribution in [-0.2, 0) is 4.74 Å². The van der Waals surface area contributed by atoms with Crippen LogP contribution >= 0.6 is 0 Å². The quantitative estimate of drug-likeness (QED) is 0.344. The molecule has 0 unspecified atom stereocenters. The Morgan fingerprint density at radius 2 is 1.45 bits per heavy atom. The molecule has 1 amide bonds. The smallest absolute Gasteiger partial charge is 0.288 e. The fourth-order valence-corrected chi connectivity index (χ4v) is 3.94. The summed E-state index contributed by atoms with van der Waals surface area (Å²) in [5, 5.41) is 37.4. The van der Waals surface area contributed by atoms with Gasteiger partial charge >= 0.3 is 0 Å². The van der Waals surface area contributed by atoms with Crippen molar-refractivity contribution in [3.63, 3.8) is 0 Å². The van der Waals surface area contributed by atoms with Crippen LogP contribution in [0.1, 0.15) is 37.6 Å². The summed E-state index contributed by atoms with van der Waals surface area (Å²) in [7, 11) is 0. The molecule has 3 aromatic rings. The summed E-state index contributed by atoms with van der Waals surface area (Å²) in [6, 6.07) is 14.9. The van der Waals surface area contributed by atoms with E-state index in [1.807, 2.05) is 0 Å². The van der Waals surface area contributed by atoms with Gasteiger partial charge in [0.2, 0.25) is 23.0 Å². The van der Waals surface area contributed by atoms with E-state index in [1.165, 1.54) is 48.5 Å². The monoisotopic (exact) mass is 452 g/mol. The van der Waals surface area contributed by atoms with E-state index < -0.39 is 53.4 Å². The van der Waals surface area contributed by atoms with Crippen molar-refractivity contribution in [2.24, 2.45) is 5.73 Å². The number of rotatable bonds is 7. The molecule has 0 aliphatic carbocycles. The van der Waals surface area contributed by atoms with Gasteiger partial charge in [-0.1, -0.05) is 60.7 Å². The summed E-state index contributed by atoms with van der Waals surface area (Å²) in [6.07, 6.45) is -2.60. The lowest BCUT2D eigenvalue weighted by Gasteiger charge is -2.38. The van der Waals surface area contributed by atoms with E-state index in [9.17, 15) is 29.7 Å². The number of carbonyl (C=O) groups excluding carboxylic acids is 3. The number of ketones is 2. The number of ether oxygens (including phenoxy) is 1. The lowest BCUT2D eigenvalue weighted by atomic mass is 9.71. The van der Waals surface area contributed by atoms with Crippen LogP contribution in [0.3, 0.4) is 0 Å². The molecule has 0 spiro atoms. The maximum Gasteiger partial charge on any atom is 0.288 e. The molecule has 0 saturated carbocycles. The number of benzene rings is 2. The van der Waals surface area contributed by atoms with Crippen molar-refractivity contribution in [3.05, 3.63) is 83.9 Å². The van der Waals surface area contributed by atoms with Gasteiger partial charge in [-0.25, -0.2) is 9.67 Å². The number of aromatic nitrogens is 3. The second-order valence-corrected chi connectivity index (χ2v) is 7.50. The van der Waals surface area contributed by atoms with E-state index >= 15 is 0 Å². The van der Waals surface area contributed by atoms with Gasteiger partial charge in [-0.15, -0.1) is 5.10 Å². The second kappa shape index (κ2) is 8.30. The molecule has 11 nitrogen and oxygen atoms in total. The number of Topliss-reactive ketones (excluding diaryl/α,β-unsaturated/α-hetero) is 2. The number of hydrogen-bond donors (Lipinski definition) is 4. The first-order chi connectivity index (χ1) is 15.7. The lowest BCUT2D eigenvalue weighted by molar-refractivity contribution is -0.107. The summed E-state index contributed by atoms with van der Waals surface area (Å²) in [4.78, 5) is 42.3. The number of hydrogen-bond acceptors (Lipinski definition) is 9. The largest absolute Gasteiger partial charge is 0.394 e. The molecule has 1 aromatic heterocycles. The third-order valence-electron chi connectivity index (χ3n) is 5.60. The summed E-state index contributed by atoms with van der Waals surface area (Å²) < 4.78 is 6.43. The molecule has 1 aliphatic rings. The molecule has 1 aliphatic heterocycles. The Labute approximate surface area is 187 Å². The van der Waals surface area contributed by atoms with Crippen LogP contribution in [0.2, 0.25) is 0 Å². The Bertz CT molecular complexity index is 1200. The van der Waals surface area contributed by atoms with E-state index in [-0.39, 0.29) is 11.1 Å². The SMILES string of the molecule is NC(=O)c1ncn([C@@H]2O[C@H](CO)[C@](O)(C(=O)c3ccccc3)[C@]2(O)C(=O)c2ccccc2)n1. The molecule has 1 saturated heterocycles. The Morgan fingerprint density at radius 1 is 0.939 bits per heavy atom. The first kappa shape index (κ1) is 22.4. The lowest BCUT2D eigenvalue weighted by Crippen LogP contribution is -2.67. The predicted molar refractivity (Wildman–Crippen MR) is 111 cm³/mol. The topological polar surface area (TPSA) is 178 Å². The maximum absolute atomic E-state index is 13.6. The molecular weight excluding hydrogens is 432 g/mol. The number of primary amides is 1. The van der Waals surface area contributed by atoms with Crippen LogP contribution in [-0.4, -0.2) is 71.5 Å². The molecule has 33 heavy (non-hydrogen) atoms. The van der Waals surface area contributed by atoms with Crippen LogP contribution in [0.15, 0.2) is 67.0 Å². The van der Waals surface area contributed by atoms with Gasteiger partial charge in [0.25, 0.3) is 5.91 Å². The van der Waals surface area contributed by atoms with Gasteiger partial charge in [0.15, 0.2) is 11.8 Å². The van der Waals surface area contributed by atoms with Crippen molar-refractivity contribution in [2.75, 3.05) is 6.61 Å². The molecule has 170 valence electrons. The zero-order valence-corrected chi connectivity index (χ0v) is 17.1. The molecule has 0 radical (unpaired) electrons. The van der Waals surface area contributed by atoms with Crippen molar-refractivity contribution in [1.29, 1.82) is 0 Å². The molecule has 4 rings (SSSR count). The van der Waals surface area contributed by atoms with Crippen LogP contribution in [0.25, 0.3) is 0 Å². The van der Waals surface area contributed by atoms with E-state index in [1.54, 1.807) is 12.1 Å². The van der Waals surface area contributed by atoms with Crippen molar-refractivity contribution in [1.82, 2.24) is 14.8 Å². The molecular formula is C22H20N4O7. The van der Waals surface area contributed by atoms with E-state index in [0.717, 1.165) is 11.0 Å². The molecule has 5 N–H and O–H groups in total. The van der Waals surface area contributed by atoms with Crippen LogP contribution < -0.4 is 5.73 Å². The fourth-order valence-electron chi connectivity index (χ4n) is 3.94. The summed E-state index contributed by atoms with van der Waals surface area (Å²) >= 11 is 0. The normalized spacial score (nSPS) is 26.8. The van der Waals surface area contributed by atoms with Gasteiger partial charge in [-0.2, -0.15) is 0 Å².